The standard InChI is InChI=1S/C14H23NO4S/c1-11(16)10-12-6-2-4-8-15(12)14(17)13-7-3-5-9-20(13,18)19/h12-13H,2-10H2,1H3. The van der Waals surface area contributed by atoms with Gasteiger partial charge in [-0.2, -0.15) is 0 Å². The molecule has 2 aliphatic heterocycles. The van der Waals surface area contributed by atoms with E-state index in [0.29, 0.717) is 25.8 Å². The monoisotopic (exact) mass is 301 g/mol. The largest absolute Gasteiger partial charge is 0.338 e. The van der Waals surface area contributed by atoms with E-state index in [1.807, 2.05) is 0 Å². The summed E-state index contributed by atoms with van der Waals surface area (Å²) < 4.78 is 24.2. The number of amides is 1. The molecular weight excluding hydrogens is 278 g/mol. The van der Waals surface area contributed by atoms with Crippen LogP contribution in [0, 0.1) is 0 Å². The van der Waals surface area contributed by atoms with Gasteiger partial charge in [-0.25, -0.2) is 8.42 Å². The minimum atomic E-state index is -3.30. The molecule has 2 fully saturated rings. The molecule has 2 rings (SSSR count). The lowest BCUT2D eigenvalue weighted by molar-refractivity contribution is -0.135. The van der Waals surface area contributed by atoms with Crippen LogP contribution in [-0.2, 0) is 19.4 Å². The molecular formula is C14H23NO4S. The summed E-state index contributed by atoms with van der Waals surface area (Å²) in [6, 6.07) is -0.106. The molecule has 114 valence electrons. The highest BCUT2D eigenvalue weighted by Crippen LogP contribution is 2.26. The average molecular weight is 301 g/mol. The first-order valence-corrected chi connectivity index (χ1v) is 9.15. The molecule has 2 saturated heterocycles. The number of carbonyl (C=O) groups is 2. The van der Waals surface area contributed by atoms with E-state index >= 15 is 0 Å². The number of Topliss-reactive ketones (excluding diaryl/α,β-unsaturated/α-hetero) is 1. The first kappa shape index (κ1) is 15.5. The second kappa shape index (κ2) is 6.24. The van der Waals surface area contributed by atoms with Crippen LogP contribution in [0.4, 0.5) is 0 Å². The highest BCUT2D eigenvalue weighted by atomic mass is 32.2. The Hall–Kier alpha value is -0.910. The van der Waals surface area contributed by atoms with Gasteiger partial charge < -0.3 is 4.90 Å². The number of piperidine rings is 1. The van der Waals surface area contributed by atoms with E-state index in [1.165, 1.54) is 6.92 Å². The first-order chi connectivity index (χ1) is 9.42. The van der Waals surface area contributed by atoms with Crippen molar-refractivity contribution in [1.29, 1.82) is 0 Å². The Balaban J connectivity index is 2.14. The molecule has 2 heterocycles. The van der Waals surface area contributed by atoms with Gasteiger partial charge in [0.15, 0.2) is 9.84 Å². The number of hydrogen-bond donors (Lipinski definition) is 0. The molecule has 2 aliphatic rings. The summed E-state index contributed by atoms with van der Waals surface area (Å²) in [7, 11) is -3.30. The molecule has 0 saturated carbocycles. The summed E-state index contributed by atoms with van der Waals surface area (Å²) in [5.74, 6) is -0.0916. The smallest absolute Gasteiger partial charge is 0.241 e. The molecule has 20 heavy (non-hydrogen) atoms. The van der Waals surface area contributed by atoms with Crippen LogP contribution in [0.2, 0.25) is 0 Å². The Morgan fingerprint density at radius 1 is 1.10 bits per heavy atom. The molecule has 0 N–H and O–H groups in total. The number of ketones is 1. The Morgan fingerprint density at radius 3 is 2.45 bits per heavy atom. The predicted molar refractivity (Wildman–Crippen MR) is 76.1 cm³/mol. The number of rotatable bonds is 3. The van der Waals surface area contributed by atoms with Crippen molar-refractivity contribution >= 4 is 21.5 Å². The summed E-state index contributed by atoms with van der Waals surface area (Å²) >= 11 is 0. The maximum Gasteiger partial charge on any atom is 0.241 e. The Labute approximate surface area is 120 Å². The highest BCUT2D eigenvalue weighted by molar-refractivity contribution is 7.92. The summed E-state index contributed by atoms with van der Waals surface area (Å²) in [6.45, 7) is 2.11. The van der Waals surface area contributed by atoms with Crippen molar-refractivity contribution in [3.8, 4) is 0 Å². The van der Waals surface area contributed by atoms with Gasteiger partial charge in [0.05, 0.1) is 5.75 Å². The van der Waals surface area contributed by atoms with Crippen molar-refractivity contribution in [2.75, 3.05) is 12.3 Å². The molecule has 1 amide bonds. The molecule has 0 spiro atoms. The molecule has 5 nitrogen and oxygen atoms in total. The van der Waals surface area contributed by atoms with Crippen molar-refractivity contribution < 1.29 is 18.0 Å². The van der Waals surface area contributed by atoms with Crippen molar-refractivity contribution in [2.45, 2.75) is 63.2 Å². The maximum atomic E-state index is 12.6. The number of carbonyl (C=O) groups excluding carboxylic acids is 2. The zero-order valence-corrected chi connectivity index (χ0v) is 12.8. The number of sulfone groups is 1. The van der Waals surface area contributed by atoms with Gasteiger partial charge in [0.25, 0.3) is 0 Å². The third kappa shape index (κ3) is 3.40. The normalized spacial score (nSPS) is 29.9. The van der Waals surface area contributed by atoms with Crippen LogP contribution < -0.4 is 0 Å². The van der Waals surface area contributed by atoms with Crippen LogP contribution in [0.5, 0.6) is 0 Å². The second-order valence-corrected chi connectivity index (χ2v) is 8.24. The molecule has 0 aromatic rings. The lowest BCUT2D eigenvalue weighted by Gasteiger charge is -2.38. The summed E-state index contributed by atoms with van der Waals surface area (Å²) in [6.07, 6.45) is 4.93. The zero-order chi connectivity index (χ0) is 14.8. The summed E-state index contributed by atoms with van der Waals surface area (Å²) in [5.41, 5.74) is 0. The molecule has 0 radical (unpaired) electrons. The Bertz CT molecular complexity index is 485. The molecule has 0 bridgehead atoms. The van der Waals surface area contributed by atoms with Crippen LogP contribution >= 0.6 is 0 Å². The highest BCUT2D eigenvalue weighted by Gasteiger charge is 2.40. The molecule has 0 aliphatic carbocycles. The minimum absolute atomic E-state index is 0.0567. The molecule has 0 aromatic carbocycles. The zero-order valence-electron chi connectivity index (χ0n) is 12.0. The Morgan fingerprint density at radius 2 is 1.80 bits per heavy atom. The van der Waals surface area contributed by atoms with E-state index in [-0.39, 0.29) is 23.5 Å². The van der Waals surface area contributed by atoms with Crippen LogP contribution in [-0.4, -0.2) is 48.6 Å². The fraction of sp³-hybridized carbons (Fsp3) is 0.857. The van der Waals surface area contributed by atoms with Crippen molar-refractivity contribution in [3.05, 3.63) is 0 Å². The minimum Gasteiger partial charge on any atom is -0.338 e. The molecule has 0 aromatic heterocycles. The number of hydrogen-bond acceptors (Lipinski definition) is 4. The van der Waals surface area contributed by atoms with E-state index in [9.17, 15) is 18.0 Å². The van der Waals surface area contributed by atoms with Gasteiger partial charge >= 0.3 is 0 Å². The van der Waals surface area contributed by atoms with E-state index < -0.39 is 15.1 Å². The summed E-state index contributed by atoms with van der Waals surface area (Å²) in [4.78, 5) is 25.6. The average Bonchev–Trinajstić information content (AvgIpc) is 2.37. The molecule has 2 atom stereocenters. The van der Waals surface area contributed by atoms with Crippen molar-refractivity contribution in [3.63, 3.8) is 0 Å². The lowest BCUT2D eigenvalue weighted by atomic mass is 9.97. The summed E-state index contributed by atoms with van der Waals surface area (Å²) in [5, 5.41) is -0.871. The fourth-order valence-corrected chi connectivity index (χ4v) is 5.11. The van der Waals surface area contributed by atoms with E-state index in [2.05, 4.69) is 0 Å². The lowest BCUT2D eigenvalue weighted by Crippen LogP contribution is -2.51. The second-order valence-electron chi connectivity index (χ2n) is 5.94. The van der Waals surface area contributed by atoms with E-state index in [1.54, 1.807) is 4.90 Å². The SMILES string of the molecule is CC(=O)CC1CCCCN1C(=O)C1CCCCS1(=O)=O. The van der Waals surface area contributed by atoms with Crippen LogP contribution in [0.15, 0.2) is 0 Å². The quantitative estimate of drug-likeness (QED) is 0.788. The van der Waals surface area contributed by atoms with Crippen LogP contribution in [0.25, 0.3) is 0 Å². The van der Waals surface area contributed by atoms with Gasteiger partial charge in [0, 0.05) is 19.0 Å². The van der Waals surface area contributed by atoms with Crippen molar-refractivity contribution in [2.24, 2.45) is 0 Å². The first-order valence-electron chi connectivity index (χ1n) is 7.43. The maximum absolute atomic E-state index is 12.6. The van der Waals surface area contributed by atoms with Gasteiger partial charge in [-0.1, -0.05) is 6.42 Å². The van der Waals surface area contributed by atoms with E-state index in [0.717, 1.165) is 25.7 Å². The van der Waals surface area contributed by atoms with Crippen LogP contribution in [0.1, 0.15) is 51.9 Å². The third-order valence-electron chi connectivity index (χ3n) is 4.29. The van der Waals surface area contributed by atoms with Gasteiger partial charge in [-0.3, -0.25) is 9.59 Å². The molecule has 2 unspecified atom stereocenters. The molecule has 6 heteroatoms. The van der Waals surface area contributed by atoms with Gasteiger partial charge in [-0.15, -0.1) is 0 Å². The number of likely N-dealkylation sites (tertiary alicyclic amines) is 1. The Kier molecular flexibility index (Phi) is 4.83. The van der Waals surface area contributed by atoms with Gasteiger partial charge in [-0.05, 0) is 39.0 Å². The van der Waals surface area contributed by atoms with Crippen molar-refractivity contribution in [1.82, 2.24) is 4.90 Å². The third-order valence-corrected chi connectivity index (χ3v) is 6.45. The van der Waals surface area contributed by atoms with Gasteiger partial charge in [0.2, 0.25) is 5.91 Å². The number of nitrogens with zero attached hydrogens (tertiary/aromatic N) is 1. The van der Waals surface area contributed by atoms with Crippen LogP contribution in [0.3, 0.4) is 0 Å². The topological polar surface area (TPSA) is 71.5 Å². The van der Waals surface area contributed by atoms with E-state index in [4.69, 9.17) is 0 Å². The predicted octanol–water partition coefficient (Wildman–Crippen LogP) is 1.31. The van der Waals surface area contributed by atoms with Gasteiger partial charge in [0.1, 0.15) is 11.0 Å². The fourth-order valence-electron chi connectivity index (χ4n) is 3.25.